The molecule has 1 saturated heterocycles. The van der Waals surface area contributed by atoms with Gasteiger partial charge in [-0.05, 0) is 43.2 Å². The van der Waals surface area contributed by atoms with Crippen LogP contribution in [0.1, 0.15) is 64.2 Å². The Morgan fingerprint density at radius 2 is 1.74 bits per heavy atom. The van der Waals surface area contributed by atoms with E-state index in [2.05, 4.69) is 30.9 Å². The summed E-state index contributed by atoms with van der Waals surface area (Å²) >= 11 is 5.95. The molecule has 3 heterocycles. The highest BCUT2D eigenvalue weighted by atomic mass is 35.5. The number of ether oxygens (including phenoxy) is 1. The number of hydrogen-bond donors (Lipinski definition) is 4. The van der Waals surface area contributed by atoms with Crippen molar-refractivity contribution in [1.82, 2.24) is 30.5 Å². The molecule has 2 aliphatic carbocycles. The van der Waals surface area contributed by atoms with Crippen LogP contribution in [0.15, 0.2) is 36.8 Å². The molecule has 2 aromatic heterocycles. The third kappa shape index (κ3) is 9.15. The Bertz CT molecular complexity index is 1420. The number of amides is 4. The molecule has 0 radical (unpaired) electrons. The Balaban J connectivity index is 1.29. The average Bonchev–Trinajstić information content (AvgIpc) is 3.49. The van der Waals surface area contributed by atoms with Crippen molar-refractivity contribution in [2.24, 2.45) is 17.6 Å². The van der Waals surface area contributed by atoms with Gasteiger partial charge in [0.2, 0.25) is 35.3 Å². The number of nitrogens with zero attached hydrogens (tertiary/aromatic N) is 4. The molecule has 4 amide bonds. The summed E-state index contributed by atoms with van der Waals surface area (Å²) in [7, 11) is 0. The van der Waals surface area contributed by atoms with Gasteiger partial charge in [-0.25, -0.2) is 15.0 Å². The third-order valence-electron chi connectivity index (χ3n) is 9.21. The summed E-state index contributed by atoms with van der Waals surface area (Å²) in [6, 6.07) is 2.09. The quantitative estimate of drug-likeness (QED) is 0.215. The number of anilines is 1. The van der Waals surface area contributed by atoms with Gasteiger partial charge >= 0.3 is 0 Å². The van der Waals surface area contributed by atoms with Crippen LogP contribution in [0.2, 0.25) is 5.02 Å². The number of carbonyl (C=O) groups is 5. The highest BCUT2D eigenvalue weighted by molar-refractivity contribution is 6.37. The highest BCUT2D eigenvalue weighted by Crippen LogP contribution is 2.31. The largest absolute Gasteiger partial charge is 0.472 e. The van der Waals surface area contributed by atoms with Gasteiger partial charge in [-0.1, -0.05) is 50.1 Å². The number of nitrogens with one attached hydrogen (secondary N) is 3. The number of carbonyl (C=O) groups excluding carboxylic acids is 5. The lowest BCUT2D eigenvalue weighted by Gasteiger charge is -2.31. The molecule has 252 valence electrons. The fourth-order valence-corrected chi connectivity index (χ4v) is 6.61. The number of halogens is 1. The second-order valence-electron chi connectivity index (χ2n) is 12.5. The smallest absolute Gasteiger partial charge is 0.287 e. The van der Waals surface area contributed by atoms with Crippen LogP contribution in [0.3, 0.4) is 0 Å². The molecule has 15 heteroatoms. The van der Waals surface area contributed by atoms with Crippen molar-refractivity contribution in [2.45, 2.75) is 88.4 Å². The van der Waals surface area contributed by atoms with Crippen LogP contribution in [0.5, 0.6) is 5.88 Å². The Morgan fingerprint density at radius 1 is 1.00 bits per heavy atom. The number of likely N-dealkylation sites (tertiary alicyclic amines) is 1. The molecule has 0 spiro atoms. The standard InChI is InChI=1S/C32H41ClN8O6/c33-21-10-11-25(37-16-21)47-22-15-24(30(45)39-23(28(43)29(34)44)14-19-6-4-7-19)41(18-22)26(42)17-38-31(46)27(20-8-2-1-3-9-20)40-32-35-12-5-13-36-32/h5,10-13,16,19-20,22-24,27H,1-4,6-9,14-15,17-18H2,(H2,34,44)(H,38,46)(H,39,45)(H,35,36,40)/t22-,23?,24?,27-/m0/s1. The second-order valence-corrected chi connectivity index (χ2v) is 12.9. The summed E-state index contributed by atoms with van der Waals surface area (Å²) < 4.78 is 5.99. The number of primary amides is 1. The molecular formula is C32H41ClN8O6. The monoisotopic (exact) mass is 668 g/mol. The molecule has 2 aromatic rings. The topological polar surface area (TPSA) is 199 Å². The molecule has 0 bridgehead atoms. The lowest BCUT2D eigenvalue weighted by atomic mass is 9.80. The van der Waals surface area contributed by atoms with E-state index in [1.165, 1.54) is 11.1 Å². The number of ketones is 1. The first kappa shape index (κ1) is 34.0. The molecule has 2 saturated carbocycles. The van der Waals surface area contributed by atoms with Gasteiger partial charge in [0.25, 0.3) is 5.91 Å². The lowest BCUT2D eigenvalue weighted by molar-refractivity contribution is -0.141. The zero-order valence-corrected chi connectivity index (χ0v) is 26.9. The van der Waals surface area contributed by atoms with Gasteiger partial charge in [0.15, 0.2) is 0 Å². The molecule has 0 aromatic carbocycles. The number of pyridine rings is 1. The van der Waals surface area contributed by atoms with Crippen LogP contribution < -0.4 is 26.4 Å². The maximum Gasteiger partial charge on any atom is 0.287 e. The van der Waals surface area contributed by atoms with Crippen LogP contribution in [-0.4, -0.2) is 86.6 Å². The predicted molar refractivity (Wildman–Crippen MR) is 171 cm³/mol. The van der Waals surface area contributed by atoms with Gasteiger partial charge in [-0.3, -0.25) is 24.0 Å². The van der Waals surface area contributed by atoms with E-state index in [-0.39, 0.29) is 43.1 Å². The van der Waals surface area contributed by atoms with Crippen LogP contribution >= 0.6 is 11.6 Å². The highest BCUT2D eigenvalue weighted by Gasteiger charge is 2.43. The first-order chi connectivity index (χ1) is 22.7. The number of aromatic nitrogens is 3. The molecule has 4 atom stereocenters. The fourth-order valence-electron chi connectivity index (χ4n) is 6.49. The zero-order valence-electron chi connectivity index (χ0n) is 26.1. The van der Waals surface area contributed by atoms with Gasteiger partial charge in [0.05, 0.1) is 24.2 Å². The summed E-state index contributed by atoms with van der Waals surface area (Å²) in [5.74, 6) is -2.69. The van der Waals surface area contributed by atoms with Gasteiger partial charge in [-0.15, -0.1) is 0 Å². The predicted octanol–water partition coefficient (Wildman–Crippen LogP) is 1.78. The first-order valence-corrected chi connectivity index (χ1v) is 16.6. The Hall–Kier alpha value is -4.33. The molecule has 47 heavy (non-hydrogen) atoms. The van der Waals surface area contributed by atoms with Crippen molar-refractivity contribution in [1.29, 1.82) is 0 Å². The zero-order chi connectivity index (χ0) is 33.3. The number of hydrogen-bond acceptors (Lipinski definition) is 10. The average molecular weight is 669 g/mol. The van der Waals surface area contributed by atoms with Crippen LogP contribution in [0.25, 0.3) is 0 Å². The molecule has 3 aliphatic rings. The summed E-state index contributed by atoms with van der Waals surface area (Å²) in [5, 5.41) is 9.01. The van der Waals surface area contributed by atoms with Crippen molar-refractivity contribution < 1.29 is 28.7 Å². The van der Waals surface area contributed by atoms with Crippen molar-refractivity contribution in [3.63, 3.8) is 0 Å². The van der Waals surface area contributed by atoms with Crippen molar-refractivity contribution in [2.75, 3.05) is 18.4 Å². The molecule has 2 unspecified atom stereocenters. The first-order valence-electron chi connectivity index (χ1n) is 16.2. The van der Waals surface area contributed by atoms with Gasteiger partial charge in [0.1, 0.15) is 18.2 Å². The number of nitrogens with two attached hydrogens (primary N) is 1. The Labute approximate surface area is 277 Å². The van der Waals surface area contributed by atoms with E-state index in [9.17, 15) is 24.0 Å². The third-order valence-corrected chi connectivity index (χ3v) is 9.43. The molecular weight excluding hydrogens is 628 g/mol. The van der Waals surface area contributed by atoms with E-state index in [4.69, 9.17) is 22.1 Å². The number of rotatable bonds is 14. The SMILES string of the molecule is NC(=O)C(=O)C(CC1CCC1)NC(=O)C1C[C@H](Oc2ccc(Cl)cn2)CN1C(=O)CNC(=O)[C@@H](Nc1ncccn1)C1CCCCC1. The van der Waals surface area contributed by atoms with E-state index in [1.807, 2.05) is 0 Å². The number of Topliss-reactive ketones (excluding diaryl/α,β-unsaturated/α-hetero) is 1. The molecule has 3 fully saturated rings. The second kappa shape index (κ2) is 16.0. The summed E-state index contributed by atoms with van der Waals surface area (Å²) in [6.45, 7) is -0.350. The van der Waals surface area contributed by atoms with Gasteiger partial charge in [0, 0.05) is 31.1 Å². The maximum absolute atomic E-state index is 13.7. The van der Waals surface area contributed by atoms with Crippen molar-refractivity contribution >= 4 is 47.0 Å². The van der Waals surface area contributed by atoms with E-state index in [0.717, 1.165) is 51.4 Å². The summed E-state index contributed by atoms with van der Waals surface area (Å²) in [5.41, 5.74) is 5.30. The van der Waals surface area contributed by atoms with E-state index in [1.54, 1.807) is 30.6 Å². The molecule has 5 N–H and O–H groups in total. The fraction of sp³-hybridized carbons (Fsp3) is 0.562. The van der Waals surface area contributed by atoms with Gasteiger partial charge < -0.3 is 31.3 Å². The molecule has 14 nitrogen and oxygen atoms in total. The summed E-state index contributed by atoms with van der Waals surface area (Å²) in [4.78, 5) is 79.2. The van der Waals surface area contributed by atoms with Crippen LogP contribution in [0.4, 0.5) is 5.95 Å². The van der Waals surface area contributed by atoms with Crippen molar-refractivity contribution in [3.05, 3.63) is 41.8 Å². The maximum atomic E-state index is 13.7. The summed E-state index contributed by atoms with van der Waals surface area (Å²) in [6.07, 6.45) is 11.9. The minimum Gasteiger partial charge on any atom is -0.472 e. The minimum atomic E-state index is -1.13. The lowest BCUT2D eigenvalue weighted by Crippen LogP contribution is -2.55. The van der Waals surface area contributed by atoms with E-state index < -0.39 is 47.7 Å². The van der Waals surface area contributed by atoms with Gasteiger partial charge in [-0.2, -0.15) is 0 Å². The minimum absolute atomic E-state index is 0.0241. The molecule has 5 rings (SSSR count). The van der Waals surface area contributed by atoms with Crippen LogP contribution in [-0.2, 0) is 24.0 Å². The van der Waals surface area contributed by atoms with E-state index in [0.29, 0.717) is 17.4 Å². The molecule has 1 aliphatic heterocycles. The Kier molecular flexibility index (Phi) is 11.6. The van der Waals surface area contributed by atoms with E-state index >= 15 is 0 Å². The van der Waals surface area contributed by atoms with Crippen molar-refractivity contribution in [3.8, 4) is 5.88 Å². The van der Waals surface area contributed by atoms with Crippen LogP contribution in [0, 0.1) is 11.8 Å². The normalized spacial score (nSPS) is 21.2. The Morgan fingerprint density at radius 3 is 2.38 bits per heavy atom.